The number of carbonyl (C=O) groups excluding carboxylic acids is 1. The van der Waals surface area contributed by atoms with E-state index in [0.717, 1.165) is 51.5 Å². The lowest BCUT2D eigenvalue weighted by molar-refractivity contribution is -0.114. The number of aryl methyl sites for hydroxylation is 1. The molecule has 1 saturated heterocycles. The van der Waals surface area contributed by atoms with Crippen molar-refractivity contribution in [2.24, 2.45) is 4.99 Å². The van der Waals surface area contributed by atoms with E-state index in [0.29, 0.717) is 12.0 Å². The van der Waals surface area contributed by atoms with Crippen LogP contribution in [0.25, 0.3) is 0 Å². The van der Waals surface area contributed by atoms with E-state index in [-0.39, 0.29) is 36.4 Å². The normalized spacial score (nSPS) is 16.0. The molecule has 0 spiro atoms. The largest absolute Gasteiger partial charge is 0.379 e. The molecule has 8 heteroatoms. The van der Waals surface area contributed by atoms with Gasteiger partial charge in [0.05, 0.1) is 13.2 Å². The summed E-state index contributed by atoms with van der Waals surface area (Å²) in [5.41, 5.74) is 2.01. The van der Waals surface area contributed by atoms with Crippen LogP contribution in [0.5, 0.6) is 0 Å². The molecular formula is C20H34IN5O2. The van der Waals surface area contributed by atoms with Crippen LogP contribution in [0.4, 0.5) is 5.69 Å². The van der Waals surface area contributed by atoms with Crippen molar-refractivity contribution in [3.05, 3.63) is 29.8 Å². The Morgan fingerprint density at radius 2 is 2.00 bits per heavy atom. The van der Waals surface area contributed by atoms with E-state index in [1.165, 1.54) is 5.56 Å². The molecule has 0 saturated carbocycles. The van der Waals surface area contributed by atoms with Gasteiger partial charge >= 0.3 is 0 Å². The Bertz CT molecular complexity index is 620. The number of nitrogens with zero attached hydrogens (tertiary/aromatic N) is 2. The second kappa shape index (κ2) is 13.7. The zero-order valence-electron chi connectivity index (χ0n) is 17.2. The number of hydrogen-bond acceptors (Lipinski definition) is 4. The standard InChI is InChI=1S/C20H33N5O2.HI/c1-4-17-7-6-8-18(13-17)24-19(26)15-23-20(21-5-2)22-14-16(3)25-9-11-27-12-10-25;/h6-8,13,16H,4-5,9-12,14-15H2,1-3H3,(H,24,26)(H2,21,22,23);1H. The third-order valence-electron chi connectivity index (χ3n) is 4.58. The Balaban J connectivity index is 0.00000392. The fraction of sp³-hybridized carbons (Fsp3) is 0.600. The summed E-state index contributed by atoms with van der Waals surface area (Å²) in [6.45, 7) is 11.4. The minimum atomic E-state index is -0.123. The first-order valence-electron chi connectivity index (χ1n) is 9.85. The predicted molar refractivity (Wildman–Crippen MR) is 126 cm³/mol. The summed E-state index contributed by atoms with van der Waals surface area (Å²) in [5, 5.41) is 9.43. The van der Waals surface area contributed by atoms with Crippen LogP contribution < -0.4 is 16.0 Å². The van der Waals surface area contributed by atoms with Gasteiger partial charge in [0.25, 0.3) is 0 Å². The van der Waals surface area contributed by atoms with Crippen molar-refractivity contribution in [1.82, 2.24) is 15.5 Å². The number of rotatable bonds is 8. The molecule has 1 heterocycles. The Morgan fingerprint density at radius 1 is 1.25 bits per heavy atom. The molecule has 0 aliphatic carbocycles. The van der Waals surface area contributed by atoms with E-state index in [2.05, 4.69) is 45.8 Å². The number of benzene rings is 1. The predicted octanol–water partition coefficient (Wildman–Crippen LogP) is 2.08. The zero-order valence-corrected chi connectivity index (χ0v) is 19.5. The Labute approximate surface area is 185 Å². The number of morpholine rings is 1. The lowest BCUT2D eigenvalue weighted by Gasteiger charge is -2.32. The highest BCUT2D eigenvalue weighted by Gasteiger charge is 2.17. The molecule has 2 rings (SSSR count). The topological polar surface area (TPSA) is 78.0 Å². The Hall–Kier alpha value is -1.39. The third-order valence-corrected chi connectivity index (χ3v) is 4.58. The summed E-state index contributed by atoms with van der Waals surface area (Å²) < 4.78 is 5.40. The maximum absolute atomic E-state index is 12.2. The van der Waals surface area contributed by atoms with Crippen LogP contribution in [-0.2, 0) is 16.0 Å². The Morgan fingerprint density at radius 3 is 2.68 bits per heavy atom. The maximum Gasteiger partial charge on any atom is 0.246 e. The zero-order chi connectivity index (χ0) is 19.5. The van der Waals surface area contributed by atoms with E-state index in [1.54, 1.807) is 0 Å². The molecule has 1 fully saturated rings. The summed E-state index contributed by atoms with van der Waals surface area (Å²) in [6.07, 6.45) is 0.942. The number of carbonyl (C=O) groups is 1. The van der Waals surface area contributed by atoms with E-state index >= 15 is 0 Å². The van der Waals surface area contributed by atoms with Crippen LogP contribution >= 0.6 is 24.0 Å². The number of hydrogen-bond donors (Lipinski definition) is 3. The number of nitrogens with one attached hydrogen (secondary N) is 3. The molecule has 1 unspecified atom stereocenters. The van der Waals surface area contributed by atoms with Gasteiger partial charge in [-0.25, -0.2) is 4.99 Å². The molecular weight excluding hydrogens is 469 g/mol. The second-order valence-electron chi connectivity index (χ2n) is 6.68. The van der Waals surface area contributed by atoms with Crippen LogP contribution in [0, 0.1) is 0 Å². The average molecular weight is 503 g/mol. The quantitative estimate of drug-likeness (QED) is 0.288. The molecule has 1 aromatic rings. The van der Waals surface area contributed by atoms with Crippen LogP contribution in [0.2, 0.25) is 0 Å². The molecule has 1 aromatic carbocycles. The fourth-order valence-corrected chi connectivity index (χ4v) is 2.95. The molecule has 1 amide bonds. The van der Waals surface area contributed by atoms with Gasteiger partial charge in [0.15, 0.2) is 5.96 Å². The number of ether oxygens (including phenoxy) is 1. The van der Waals surface area contributed by atoms with Crippen molar-refractivity contribution in [3.8, 4) is 0 Å². The Kier molecular flexibility index (Phi) is 12.1. The summed E-state index contributed by atoms with van der Waals surface area (Å²) in [6, 6.07) is 8.28. The minimum Gasteiger partial charge on any atom is -0.379 e. The first-order valence-corrected chi connectivity index (χ1v) is 9.85. The van der Waals surface area contributed by atoms with E-state index < -0.39 is 0 Å². The lowest BCUT2D eigenvalue weighted by Crippen LogP contribution is -2.49. The number of guanidine groups is 1. The van der Waals surface area contributed by atoms with Crippen LogP contribution in [-0.4, -0.2) is 68.7 Å². The summed E-state index contributed by atoms with van der Waals surface area (Å²) in [4.78, 5) is 19.0. The first kappa shape index (κ1) is 24.6. The number of aliphatic imine (C=N–C) groups is 1. The van der Waals surface area contributed by atoms with Crippen molar-refractivity contribution in [2.45, 2.75) is 33.2 Å². The van der Waals surface area contributed by atoms with Gasteiger partial charge in [0.1, 0.15) is 6.54 Å². The highest BCUT2D eigenvalue weighted by molar-refractivity contribution is 14.0. The lowest BCUT2D eigenvalue weighted by atomic mass is 10.1. The third kappa shape index (κ3) is 8.74. The van der Waals surface area contributed by atoms with Gasteiger partial charge < -0.3 is 20.7 Å². The van der Waals surface area contributed by atoms with E-state index in [4.69, 9.17) is 4.74 Å². The van der Waals surface area contributed by atoms with Crippen molar-refractivity contribution >= 4 is 41.5 Å². The number of amides is 1. The smallest absolute Gasteiger partial charge is 0.246 e. The summed E-state index contributed by atoms with van der Waals surface area (Å²) >= 11 is 0. The molecule has 28 heavy (non-hydrogen) atoms. The van der Waals surface area contributed by atoms with Crippen molar-refractivity contribution in [3.63, 3.8) is 0 Å². The first-order chi connectivity index (χ1) is 13.1. The molecule has 7 nitrogen and oxygen atoms in total. The highest BCUT2D eigenvalue weighted by Crippen LogP contribution is 2.10. The second-order valence-corrected chi connectivity index (χ2v) is 6.68. The van der Waals surface area contributed by atoms with Gasteiger partial charge in [-0.15, -0.1) is 24.0 Å². The van der Waals surface area contributed by atoms with E-state index in [1.807, 2.05) is 25.1 Å². The fourth-order valence-electron chi connectivity index (χ4n) is 2.95. The molecule has 0 radical (unpaired) electrons. The van der Waals surface area contributed by atoms with Gasteiger partial charge in [0, 0.05) is 37.9 Å². The molecule has 1 aliphatic rings. The summed E-state index contributed by atoms with van der Waals surface area (Å²) in [5.74, 6) is 0.539. The van der Waals surface area contributed by atoms with Crippen LogP contribution in [0.15, 0.2) is 29.3 Å². The maximum atomic E-state index is 12.2. The van der Waals surface area contributed by atoms with Gasteiger partial charge in [-0.3, -0.25) is 9.69 Å². The molecule has 158 valence electrons. The van der Waals surface area contributed by atoms with Crippen LogP contribution in [0.3, 0.4) is 0 Å². The SMILES string of the molecule is CCNC(=NCC(=O)Nc1cccc(CC)c1)NCC(C)N1CCOCC1.I. The summed E-state index contributed by atoms with van der Waals surface area (Å²) in [7, 11) is 0. The van der Waals surface area contributed by atoms with Crippen molar-refractivity contribution < 1.29 is 9.53 Å². The molecule has 1 atom stereocenters. The van der Waals surface area contributed by atoms with Crippen molar-refractivity contribution in [2.75, 3.05) is 51.3 Å². The van der Waals surface area contributed by atoms with E-state index in [9.17, 15) is 4.79 Å². The average Bonchev–Trinajstić information content (AvgIpc) is 2.70. The molecule has 0 aromatic heterocycles. The van der Waals surface area contributed by atoms with Crippen LogP contribution in [0.1, 0.15) is 26.3 Å². The minimum absolute atomic E-state index is 0. The van der Waals surface area contributed by atoms with Gasteiger partial charge in [-0.2, -0.15) is 0 Å². The van der Waals surface area contributed by atoms with Gasteiger partial charge in [-0.05, 0) is 38.0 Å². The van der Waals surface area contributed by atoms with Gasteiger partial charge in [0.2, 0.25) is 5.91 Å². The highest BCUT2D eigenvalue weighted by atomic mass is 127. The number of anilines is 1. The van der Waals surface area contributed by atoms with Crippen molar-refractivity contribution in [1.29, 1.82) is 0 Å². The monoisotopic (exact) mass is 503 g/mol. The molecule has 1 aliphatic heterocycles. The molecule has 0 bridgehead atoms. The molecule has 3 N–H and O–H groups in total. The number of halogens is 1. The van der Waals surface area contributed by atoms with Gasteiger partial charge in [-0.1, -0.05) is 19.1 Å².